The van der Waals surface area contributed by atoms with E-state index in [9.17, 15) is 17.2 Å². The number of thiazole rings is 1. The van der Waals surface area contributed by atoms with Gasteiger partial charge >= 0.3 is 0 Å². The van der Waals surface area contributed by atoms with E-state index in [1.54, 1.807) is 12.3 Å². The molecule has 2 aromatic rings. The van der Waals surface area contributed by atoms with Crippen LogP contribution in [0.2, 0.25) is 0 Å². The Morgan fingerprint density at radius 3 is 2.37 bits per heavy atom. The van der Waals surface area contributed by atoms with Crippen molar-refractivity contribution in [3.8, 4) is 0 Å². The van der Waals surface area contributed by atoms with Crippen LogP contribution in [-0.2, 0) is 15.6 Å². The van der Waals surface area contributed by atoms with Crippen LogP contribution in [0.4, 0.5) is 14.5 Å². The smallest absolute Gasteiger partial charge is 0.189 e. The highest BCUT2D eigenvalue weighted by Gasteiger charge is 2.25. The number of aryl methyl sites for hydroxylation is 1. The van der Waals surface area contributed by atoms with Gasteiger partial charge in [-0.3, -0.25) is 0 Å². The van der Waals surface area contributed by atoms with Crippen molar-refractivity contribution in [2.45, 2.75) is 17.6 Å². The molecular formula is C11H10F2N2O2S2. The van der Waals surface area contributed by atoms with Gasteiger partial charge in [-0.2, -0.15) is 0 Å². The zero-order valence-corrected chi connectivity index (χ0v) is 11.5. The Hall–Kier alpha value is -1.54. The highest BCUT2D eigenvalue weighted by molar-refractivity contribution is 7.90. The number of halogens is 2. The van der Waals surface area contributed by atoms with Crippen LogP contribution in [0.1, 0.15) is 10.7 Å². The Balaban J connectivity index is 2.45. The summed E-state index contributed by atoms with van der Waals surface area (Å²) in [5.41, 5.74) is 5.34. The van der Waals surface area contributed by atoms with Gasteiger partial charge in [0.2, 0.25) is 0 Å². The maximum atomic E-state index is 13.6. The molecule has 0 aliphatic carbocycles. The fourth-order valence-electron chi connectivity index (χ4n) is 1.62. The van der Waals surface area contributed by atoms with Gasteiger partial charge in [-0.15, -0.1) is 11.3 Å². The number of hydrogen-bond acceptors (Lipinski definition) is 5. The first-order valence-corrected chi connectivity index (χ1v) is 7.71. The monoisotopic (exact) mass is 304 g/mol. The van der Waals surface area contributed by atoms with Crippen LogP contribution < -0.4 is 5.73 Å². The summed E-state index contributed by atoms with van der Waals surface area (Å²) in [5.74, 6) is -2.93. The lowest BCUT2D eigenvalue weighted by atomic mass is 10.3. The first-order valence-electron chi connectivity index (χ1n) is 5.18. The molecule has 1 aromatic heterocycles. The number of aromatic nitrogens is 1. The zero-order valence-electron chi connectivity index (χ0n) is 9.85. The Kier molecular flexibility index (Phi) is 3.55. The van der Waals surface area contributed by atoms with Crippen LogP contribution in [0.3, 0.4) is 0 Å². The lowest BCUT2D eigenvalue weighted by Gasteiger charge is -2.06. The van der Waals surface area contributed by atoms with Gasteiger partial charge in [0.05, 0.1) is 16.5 Å². The zero-order chi connectivity index (χ0) is 14.2. The number of rotatable bonds is 3. The van der Waals surface area contributed by atoms with E-state index in [1.165, 1.54) is 11.3 Å². The van der Waals surface area contributed by atoms with Crippen LogP contribution in [0.15, 0.2) is 22.4 Å². The predicted molar refractivity (Wildman–Crippen MR) is 68.5 cm³/mol. The molecule has 102 valence electrons. The third kappa shape index (κ3) is 2.90. The maximum Gasteiger partial charge on any atom is 0.189 e. The lowest BCUT2D eigenvalue weighted by molar-refractivity contribution is 0.520. The van der Waals surface area contributed by atoms with Crippen molar-refractivity contribution in [3.05, 3.63) is 39.8 Å². The number of benzene rings is 1. The molecule has 0 spiro atoms. The molecule has 0 amide bonds. The molecule has 1 heterocycles. The van der Waals surface area contributed by atoms with Crippen molar-refractivity contribution in [1.29, 1.82) is 0 Å². The molecule has 0 saturated heterocycles. The van der Waals surface area contributed by atoms with Crippen molar-refractivity contribution >= 4 is 26.9 Å². The van der Waals surface area contributed by atoms with Crippen molar-refractivity contribution in [1.82, 2.24) is 4.98 Å². The van der Waals surface area contributed by atoms with E-state index in [2.05, 4.69) is 4.98 Å². The normalized spacial score (nSPS) is 11.7. The van der Waals surface area contributed by atoms with Gasteiger partial charge in [0, 0.05) is 11.1 Å². The fraction of sp³-hybridized carbons (Fsp3) is 0.182. The highest BCUT2D eigenvalue weighted by atomic mass is 32.2. The first-order chi connectivity index (χ1) is 8.79. The van der Waals surface area contributed by atoms with Crippen LogP contribution in [0, 0.1) is 18.6 Å². The van der Waals surface area contributed by atoms with Crippen molar-refractivity contribution in [3.63, 3.8) is 0 Å². The molecule has 0 atom stereocenters. The molecule has 0 fully saturated rings. The summed E-state index contributed by atoms with van der Waals surface area (Å²) < 4.78 is 51.2. The van der Waals surface area contributed by atoms with E-state index >= 15 is 0 Å². The molecule has 2 N–H and O–H groups in total. The second kappa shape index (κ2) is 4.86. The fourth-order valence-corrected chi connectivity index (χ4v) is 3.73. The Morgan fingerprint density at radius 1 is 1.32 bits per heavy atom. The first kappa shape index (κ1) is 13.9. The van der Waals surface area contributed by atoms with Gasteiger partial charge in [0.1, 0.15) is 16.5 Å². The SMILES string of the molecule is Cc1nc(CS(=O)(=O)c2c(F)cc(N)cc2F)cs1. The predicted octanol–water partition coefficient (Wildman–Crippen LogP) is 2.29. The lowest BCUT2D eigenvalue weighted by Crippen LogP contribution is -2.10. The van der Waals surface area contributed by atoms with Gasteiger partial charge in [0.25, 0.3) is 0 Å². The van der Waals surface area contributed by atoms with Gasteiger partial charge in [-0.1, -0.05) is 0 Å². The molecule has 0 aliphatic rings. The van der Waals surface area contributed by atoms with E-state index in [-0.39, 0.29) is 11.4 Å². The molecule has 4 nitrogen and oxygen atoms in total. The molecular weight excluding hydrogens is 294 g/mol. The molecule has 1 aromatic carbocycles. The van der Waals surface area contributed by atoms with Crippen LogP contribution in [0.5, 0.6) is 0 Å². The third-order valence-corrected chi connectivity index (χ3v) is 4.85. The van der Waals surface area contributed by atoms with Gasteiger partial charge in [0.15, 0.2) is 9.84 Å². The summed E-state index contributed by atoms with van der Waals surface area (Å²) in [5, 5.41) is 2.23. The van der Waals surface area contributed by atoms with Gasteiger partial charge < -0.3 is 5.73 Å². The van der Waals surface area contributed by atoms with Crippen molar-refractivity contribution < 1.29 is 17.2 Å². The van der Waals surface area contributed by atoms with Crippen LogP contribution >= 0.6 is 11.3 Å². The number of hydrogen-bond donors (Lipinski definition) is 1. The molecule has 0 bridgehead atoms. The third-order valence-electron chi connectivity index (χ3n) is 2.34. The summed E-state index contributed by atoms with van der Waals surface area (Å²) in [7, 11) is -4.14. The van der Waals surface area contributed by atoms with Crippen molar-refractivity contribution in [2.75, 3.05) is 5.73 Å². The molecule has 0 radical (unpaired) electrons. The summed E-state index contributed by atoms with van der Waals surface area (Å²) >= 11 is 1.27. The second-order valence-electron chi connectivity index (χ2n) is 3.93. The standard InChI is InChI=1S/C11H10F2N2O2S2/c1-6-15-8(4-18-6)5-19(16,17)11-9(12)2-7(14)3-10(11)13/h2-4H,5,14H2,1H3. The maximum absolute atomic E-state index is 13.6. The molecule has 2 rings (SSSR count). The minimum Gasteiger partial charge on any atom is -0.399 e. The topological polar surface area (TPSA) is 73.0 Å². The number of nitrogens with two attached hydrogens (primary N) is 1. The molecule has 8 heteroatoms. The summed E-state index contributed by atoms with van der Waals surface area (Å²) in [6.45, 7) is 1.71. The molecule has 19 heavy (non-hydrogen) atoms. The minimum absolute atomic E-state index is 0.168. The Labute approximate surface area is 112 Å². The van der Waals surface area contributed by atoms with E-state index in [1.807, 2.05) is 0 Å². The Bertz CT molecular complexity index is 703. The minimum atomic E-state index is -4.14. The number of anilines is 1. The molecule has 0 aliphatic heterocycles. The van der Waals surface area contributed by atoms with E-state index in [0.717, 1.165) is 12.1 Å². The highest BCUT2D eigenvalue weighted by Crippen LogP contribution is 2.25. The molecule has 0 unspecified atom stereocenters. The Morgan fingerprint density at radius 2 is 1.89 bits per heavy atom. The van der Waals surface area contributed by atoms with E-state index in [4.69, 9.17) is 5.73 Å². The van der Waals surface area contributed by atoms with Crippen LogP contribution in [0.25, 0.3) is 0 Å². The summed E-state index contributed by atoms with van der Waals surface area (Å²) in [4.78, 5) is 3.00. The average molecular weight is 304 g/mol. The van der Waals surface area contributed by atoms with Crippen LogP contribution in [-0.4, -0.2) is 13.4 Å². The second-order valence-corrected chi connectivity index (χ2v) is 6.92. The number of nitrogens with zero attached hydrogens (tertiary/aromatic N) is 1. The number of sulfone groups is 1. The average Bonchev–Trinajstić information content (AvgIpc) is 2.60. The number of nitrogen functional groups attached to an aromatic ring is 1. The summed E-state index contributed by atoms with van der Waals surface area (Å²) in [6.07, 6.45) is 0. The van der Waals surface area contributed by atoms with Crippen molar-refractivity contribution in [2.24, 2.45) is 0 Å². The molecule has 0 saturated carbocycles. The van der Waals surface area contributed by atoms with Gasteiger partial charge in [-0.05, 0) is 19.1 Å². The quantitative estimate of drug-likeness (QED) is 0.883. The van der Waals surface area contributed by atoms with E-state index < -0.39 is 32.1 Å². The van der Waals surface area contributed by atoms with Gasteiger partial charge in [-0.25, -0.2) is 22.2 Å². The summed E-state index contributed by atoms with van der Waals surface area (Å²) in [6, 6.07) is 1.56. The van der Waals surface area contributed by atoms with E-state index in [0.29, 0.717) is 5.01 Å². The largest absolute Gasteiger partial charge is 0.399 e.